The third kappa shape index (κ3) is 3.20. The van der Waals surface area contributed by atoms with Crippen LogP contribution in [0, 0.1) is 17.6 Å². The maximum Gasteiger partial charge on any atom is 0.129 e. The van der Waals surface area contributed by atoms with E-state index in [-0.39, 0.29) is 11.0 Å². The molecule has 2 rings (SSSR count). The molecule has 0 radical (unpaired) electrons. The fourth-order valence-corrected chi connectivity index (χ4v) is 3.15. The van der Waals surface area contributed by atoms with Crippen molar-refractivity contribution in [1.29, 1.82) is 0 Å². The van der Waals surface area contributed by atoms with Crippen molar-refractivity contribution < 1.29 is 8.78 Å². The van der Waals surface area contributed by atoms with Gasteiger partial charge in [-0.05, 0) is 51.2 Å². The number of halogens is 2. The highest BCUT2D eigenvalue weighted by Crippen LogP contribution is 2.49. The van der Waals surface area contributed by atoms with E-state index in [0.717, 1.165) is 31.9 Å². The van der Waals surface area contributed by atoms with Crippen molar-refractivity contribution in [2.75, 3.05) is 6.54 Å². The summed E-state index contributed by atoms with van der Waals surface area (Å²) in [5, 5.41) is 3.49. The first-order valence-electron chi connectivity index (χ1n) is 7.46. The molecule has 0 amide bonds. The van der Waals surface area contributed by atoms with E-state index in [0.29, 0.717) is 11.5 Å². The van der Waals surface area contributed by atoms with Gasteiger partial charge in [-0.1, -0.05) is 19.4 Å². The molecule has 1 saturated carbocycles. The normalized spacial score (nSPS) is 26.4. The van der Waals surface area contributed by atoms with E-state index in [4.69, 9.17) is 0 Å². The molecule has 0 bridgehead atoms. The maximum absolute atomic E-state index is 14.1. The van der Waals surface area contributed by atoms with Crippen LogP contribution in [0.15, 0.2) is 18.2 Å². The fourth-order valence-electron chi connectivity index (χ4n) is 3.15. The molecule has 1 nitrogen and oxygen atoms in total. The lowest BCUT2D eigenvalue weighted by Gasteiger charge is -2.49. The van der Waals surface area contributed by atoms with Crippen molar-refractivity contribution in [2.45, 2.75) is 57.9 Å². The van der Waals surface area contributed by atoms with E-state index in [1.54, 1.807) is 6.07 Å². The molecule has 1 fully saturated rings. The van der Waals surface area contributed by atoms with Gasteiger partial charge in [0.1, 0.15) is 11.6 Å². The van der Waals surface area contributed by atoms with Crippen molar-refractivity contribution in [3.8, 4) is 0 Å². The number of nitrogens with one attached hydrogen (secondary N) is 1. The first kappa shape index (κ1) is 15.4. The quantitative estimate of drug-likeness (QED) is 0.862. The smallest absolute Gasteiger partial charge is 0.129 e. The van der Waals surface area contributed by atoms with Crippen LogP contribution in [0.5, 0.6) is 0 Å². The van der Waals surface area contributed by atoms with Crippen LogP contribution in [-0.4, -0.2) is 12.1 Å². The van der Waals surface area contributed by atoms with Crippen LogP contribution in [0.25, 0.3) is 0 Å². The van der Waals surface area contributed by atoms with Gasteiger partial charge in [-0.2, -0.15) is 0 Å². The summed E-state index contributed by atoms with van der Waals surface area (Å²) in [6.07, 6.45) is 3.09. The highest BCUT2D eigenvalue weighted by Gasteiger charge is 2.46. The van der Waals surface area contributed by atoms with Gasteiger partial charge >= 0.3 is 0 Å². The van der Waals surface area contributed by atoms with Gasteiger partial charge in [-0.25, -0.2) is 8.78 Å². The summed E-state index contributed by atoms with van der Waals surface area (Å²) in [5.41, 5.74) is 0.493. The molecule has 0 aliphatic heterocycles. The molecule has 1 aromatic carbocycles. The van der Waals surface area contributed by atoms with Gasteiger partial charge < -0.3 is 5.32 Å². The molecule has 20 heavy (non-hydrogen) atoms. The Morgan fingerprint density at radius 3 is 2.40 bits per heavy atom. The molecule has 3 heteroatoms. The molecule has 1 aliphatic rings. The SMILES string of the molecule is CCC1CC(CNC(C)(C)C)(c2ccc(F)cc2F)C1. The Morgan fingerprint density at radius 1 is 1.25 bits per heavy atom. The van der Waals surface area contributed by atoms with Crippen molar-refractivity contribution in [3.05, 3.63) is 35.4 Å². The van der Waals surface area contributed by atoms with Gasteiger partial charge in [0.2, 0.25) is 0 Å². The standard InChI is InChI=1S/C17H25F2N/c1-5-12-9-17(10-12,11-20-16(2,3)4)14-7-6-13(18)8-15(14)19/h6-8,12,20H,5,9-11H2,1-4H3. The predicted molar refractivity (Wildman–Crippen MR) is 78.8 cm³/mol. The molecule has 0 atom stereocenters. The van der Waals surface area contributed by atoms with Gasteiger partial charge in [0.05, 0.1) is 0 Å². The molecule has 1 aromatic rings. The lowest BCUT2D eigenvalue weighted by Crippen LogP contribution is -2.52. The molecular formula is C17H25F2N. The third-order valence-corrected chi connectivity index (χ3v) is 4.40. The summed E-state index contributed by atoms with van der Waals surface area (Å²) in [7, 11) is 0. The number of hydrogen-bond acceptors (Lipinski definition) is 1. The summed E-state index contributed by atoms with van der Waals surface area (Å²) in [5.74, 6) is -0.256. The van der Waals surface area contributed by atoms with Gasteiger partial charge in [0.15, 0.2) is 0 Å². The number of benzene rings is 1. The Labute approximate surface area is 120 Å². The third-order valence-electron chi connectivity index (χ3n) is 4.40. The molecule has 112 valence electrons. The van der Waals surface area contributed by atoms with E-state index >= 15 is 0 Å². The Bertz CT molecular complexity index is 470. The Morgan fingerprint density at radius 2 is 1.90 bits per heavy atom. The topological polar surface area (TPSA) is 12.0 Å². The van der Waals surface area contributed by atoms with E-state index in [1.807, 2.05) is 0 Å². The molecule has 0 unspecified atom stereocenters. The summed E-state index contributed by atoms with van der Waals surface area (Å²) in [4.78, 5) is 0. The van der Waals surface area contributed by atoms with Crippen molar-refractivity contribution >= 4 is 0 Å². The van der Waals surface area contributed by atoms with Gasteiger partial charge in [-0.3, -0.25) is 0 Å². The van der Waals surface area contributed by atoms with Crippen molar-refractivity contribution in [1.82, 2.24) is 5.32 Å². The van der Waals surface area contributed by atoms with Gasteiger partial charge in [0, 0.05) is 23.6 Å². The van der Waals surface area contributed by atoms with Crippen LogP contribution in [0.2, 0.25) is 0 Å². The van der Waals surface area contributed by atoms with Crippen LogP contribution in [0.1, 0.15) is 52.5 Å². The van der Waals surface area contributed by atoms with Crippen LogP contribution >= 0.6 is 0 Å². The monoisotopic (exact) mass is 281 g/mol. The minimum absolute atomic E-state index is 0.000801. The van der Waals surface area contributed by atoms with E-state index in [9.17, 15) is 8.78 Å². The number of hydrogen-bond donors (Lipinski definition) is 1. The van der Waals surface area contributed by atoms with E-state index < -0.39 is 11.6 Å². The first-order chi connectivity index (χ1) is 9.26. The Balaban J connectivity index is 2.24. The second-order valence-electron chi connectivity index (χ2n) is 7.19. The summed E-state index contributed by atoms with van der Waals surface area (Å²) < 4.78 is 27.3. The highest BCUT2D eigenvalue weighted by molar-refractivity contribution is 5.31. The van der Waals surface area contributed by atoms with Crippen molar-refractivity contribution in [3.63, 3.8) is 0 Å². The highest BCUT2D eigenvalue weighted by atomic mass is 19.1. The second kappa shape index (κ2) is 5.44. The van der Waals surface area contributed by atoms with E-state index in [2.05, 4.69) is 33.0 Å². The zero-order chi connectivity index (χ0) is 15.0. The molecule has 0 aromatic heterocycles. The first-order valence-corrected chi connectivity index (χ1v) is 7.46. The van der Waals surface area contributed by atoms with Gasteiger partial charge in [-0.15, -0.1) is 0 Å². The Hall–Kier alpha value is -0.960. The summed E-state index contributed by atoms with van der Waals surface area (Å²) in [6.45, 7) is 9.25. The minimum atomic E-state index is -0.503. The van der Waals surface area contributed by atoms with Crippen LogP contribution in [0.4, 0.5) is 8.78 Å². The van der Waals surface area contributed by atoms with Crippen LogP contribution < -0.4 is 5.32 Å². The average molecular weight is 281 g/mol. The van der Waals surface area contributed by atoms with Crippen LogP contribution in [-0.2, 0) is 5.41 Å². The summed E-state index contributed by atoms with van der Waals surface area (Å²) >= 11 is 0. The molecular weight excluding hydrogens is 256 g/mol. The zero-order valence-electron chi connectivity index (χ0n) is 12.9. The fraction of sp³-hybridized carbons (Fsp3) is 0.647. The largest absolute Gasteiger partial charge is 0.311 e. The molecule has 0 spiro atoms. The second-order valence-corrected chi connectivity index (χ2v) is 7.19. The molecule has 0 heterocycles. The predicted octanol–water partition coefficient (Wildman–Crippen LogP) is 4.41. The van der Waals surface area contributed by atoms with Gasteiger partial charge in [0.25, 0.3) is 0 Å². The number of rotatable bonds is 4. The average Bonchev–Trinajstić information content (AvgIpc) is 2.28. The Kier molecular flexibility index (Phi) is 4.19. The van der Waals surface area contributed by atoms with Crippen LogP contribution in [0.3, 0.4) is 0 Å². The lowest BCUT2D eigenvalue weighted by atomic mass is 9.57. The lowest BCUT2D eigenvalue weighted by molar-refractivity contribution is 0.120. The molecule has 0 saturated heterocycles. The maximum atomic E-state index is 14.1. The van der Waals surface area contributed by atoms with E-state index in [1.165, 1.54) is 6.07 Å². The summed E-state index contributed by atoms with van der Waals surface area (Å²) in [6, 6.07) is 4.00. The minimum Gasteiger partial charge on any atom is -0.311 e. The zero-order valence-corrected chi connectivity index (χ0v) is 12.9. The molecule has 1 N–H and O–H groups in total. The molecule has 1 aliphatic carbocycles. The van der Waals surface area contributed by atoms with Crippen molar-refractivity contribution in [2.24, 2.45) is 5.92 Å².